The van der Waals surface area contributed by atoms with Gasteiger partial charge < -0.3 is 10.1 Å². The molecular weight excluding hydrogens is 184 g/mol. The highest BCUT2D eigenvalue weighted by Crippen LogP contribution is 2.10. The van der Waals surface area contributed by atoms with Crippen LogP contribution in [-0.2, 0) is 9.53 Å². The second-order valence-electron chi connectivity index (χ2n) is 3.22. The molecule has 3 amide bonds. The number of rotatable bonds is 5. The first kappa shape index (κ1) is 11.0. The third kappa shape index (κ3) is 2.23. The molecule has 1 rings (SSSR count). The summed E-state index contributed by atoms with van der Waals surface area (Å²) in [7, 11) is 1.62. The van der Waals surface area contributed by atoms with Crippen LogP contribution in [0.3, 0.4) is 0 Å². The van der Waals surface area contributed by atoms with E-state index in [1.807, 2.05) is 0 Å². The van der Waals surface area contributed by atoms with Gasteiger partial charge in [-0.05, 0) is 19.8 Å². The van der Waals surface area contributed by atoms with Crippen LogP contribution >= 0.6 is 0 Å². The van der Waals surface area contributed by atoms with Crippen molar-refractivity contribution in [3.05, 3.63) is 0 Å². The van der Waals surface area contributed by atoms with Crippen molar-refractivity contribution in [3.63, 3.8) is 0 Å². The van der Waals surface area contributed by atoms with E-state index in [0.29, 0.717) is 19.6 Å². The number of amides is 3. The Bertz CT molecular complexity index is 230. The number of urea groups is 1. The molecule has 0 aromatic rings. The molecule has 0 aliphatic carbocycles. The molecule has 5 heteroatoms. The Hall–Kier alpha value is -1.10. The number of hydrogen-bond acceptors (Lipinski definition) is 3. The summed E-state index contributed by atoms with van der Waals surface area (Å²) in [6.07, 6.45) is 1.43. The molecule has 0 aromatic carbocycles. The van der Waals surface area contributed by atoms with Crippen molar-refractivity contribution >= 4 is 11.9 Å². The zero-order valence-corrected chi connectivity index (χ0v) is 8.58. The van der Waals surface area contributed by atoms with Crippen LogP contribution < -0.4 is 5.32 Å². The predicted octanol–water partition coefficient (Wildman–Crippen LogP) is 0.353. The van der Waals surface area contributed by atoms with Crippen LogP contribution in [0.5, 0.6) is 0 Å². The SMILES string of the molecule is CCN1C(=O)NC(CCCOC)C1=O. The number of ether oxygens (including phenoxy) is 1. The minimum atomic E-state index is -0.349. The Morgan fingerprint density at radius 1 is 1.50 bits per heavy atom. The maximum atomic E-state index is 11.5. The van der Waals surface area contributed by atoms with Crippen LogP contribution in [-0.4, -0.2) is 43.1 Å². The molecular formula is C9H16N2O3. The van der Waals surface area contributed by atoms with Gasteiger partial charge in [0.2, 0.25) is 0 Å². The van der Waals surface area contributed by atoms with Gasteiger partial charge in [0.15, 0.2) is 0 Å². The van der Waals surface area contributed by atoms with Gasteiger partial charge in [0, 0.05) is 20.3 Å². The molecule has 1 heterocycles. The van der Waals surface area contributed by atoms with Crippen molar-refractivity contribution in [1.29, 1.82) is 0 Å². The first-order valence-electron chi connectivity index (χ1n) is 4.81. The molecule has 1 N–H and O–H groups in total. The summed E-state index contributed by atoms with van der Waals surface area (Å²) in [4.78, 5) is 24.0. The molecule has 1 fully saturated rings. The minimum absolute atomic E-state index is 0.117. The first-order chi connectivity index (χ1) is 6.70. The molecule has 1 atom stereocenters. The number of carbonyl (C=O) groups excluding carboxylic acids is 2. The van der Waals surface area contributed by atoms with Crippen LogP contribution in [0, 0.1) is 0 Å². The number of nitrogens with one attached hydrogen (secondary N) is 1. The van der Waals surface area contributed by atoms with Crippen LogP contribution in [0.1, 0.15) is 19.8 Å². The van der Waals surface area contributed by atoms with Gasteiger partial charge >= 0.3 is 6.03 Å². The lowest BCUT2D eigenvalue weighted by Gasteiger charge is -2.09. The Balaban J connectivity index is 2.41. The van der Waals surface area contributed by atoms with Crippen LogP contribution in [0.25, 0.3) is 0 Å². The first-order valence-corrected chi connectivity index (χ1v) is 4.81. The molecule has 0 spiro atoms. The van der Waals surface area contributed by atoms with Crippen molar-refractivity contribution in [1.82, 2.24) is 10.2 Å². The average Bonchev–Trinajstić information content (AvgIpc) is 2.42. The van der Waals surface area contributed by atoms with E-state index in [1.165, 1.54) is 4.90 Å². The van der Waals surface area contributed by atoms with Gasteiger partial charge in [0.1, 0.15) is 6.04 Å². The minimum Gasteiger partial charge on any atom is -0.385 e. The molecule has 80 valence electrons. The van der Waals surface area contributed by atoms with Gasteiger partial charge in [-0.2, -0.15) is 0 Å². The fraction of sp³-hybridized carbons (Fsp3) is 0.778. The van der Waals surface area contributed by atoms with Crippen LogP contribution in [0.15, 0.2) is 0 Å². The van der Waals surface area contributed by atoms with E-state index in [2.05, 4.69) is 5.32 Å². The third-order valence-electron chi connectivity index (χ3n) is 2.26. The summed E-state index contributed by atoms with van der Waals surface area (Å²) in [5.41, 5.74) is 0. The summed E-state index contributed by atoms with van der Waals surface area (Å²) in [6.45, 7) is 2.84. The Kier molecular flexibility index (Phi) is 3.88. The molecule has 1 unspecified atom stereocenters. The van der Waals surface area contributed by atoms with Gasteiger partial charge in [-0.15, -0.1) is 0 Å². The molecule has 5 nitrogen and oxygen atoms in total. The number of likely N-dealkylation sites (N-methyl/N-ethyl adjacent to an activating group) is 1. The number of carbonyl (C=O) groups is 2. The van der Waals surface area contributed by atoms with Crippen molar-refractivity contribution in [3.8, 4) is 0 Å². The van der Waals surface area contributed by atoms with E-state index in [-0.39, 0.29) is 18.0 Å². The highest BCUT2D eigenvalue weighted by Gasteiger charge is 2.35. The van der Waals surface area contributed by atoms with Crippen molar-refractivity contribution in [2.75, 3.05) is 20.3 Å². The average molecular weight is 200 g/mol. The van der Waals surface area contributed by atoms with E-state index in [4.69, 9.17) is 4.74 Å². The maximum absolute atomic E-state index is 11.5. The van der Waals surface area contributed by atoms with E-state index in [0.717, 1.165) is 6.42 Å². The predicted molar refractivity (Wildman–Crippen MR) is 50.8 cm³/mol. The van der Waals surface area contributed by atoms with Crippen molar-refractivity contribution in [2.45, 2.75) is 25.8 Å². The number of hydrogen-bond donors (Lipinski definition) is 1. The fourth-order valence-electron chi connectivity index (χ4n) is 1.50. The van der Waals surface area contributed by atoms with E-state index < -0.39 is 0 Å². The van der Waals surface area contributed by atoms with Crippen molar-refractivity contribution < 1.29 is 14.3 Å². The molecule has 14 heavy (non-hydrogen) atoms. The molecule has 0 radical (unpaired) electrons. The van der Waals surface area contributed by atoms with Gasteiger partial charge in [0.25, 0.3) is 5.91 Å². The van der Waals surface area contributed by atoms with E-state index >= 15 is 0 Å². The highest BCUT2D eigenvalue weighted by molar-refractivity contribution is 6.04. The van der Waals surface area contributed by atoms with E-state index in [9.17, 15) is 9.59 Å². The molecule has 0 bridgehead atoms. The van der Waals surface area contributed by atoms with Gasteiger partial charge in [-0.3, -0.25) is 9.69 Å². The lowest BCUT2D eigenvalue weighted by Crippen LogP contribution is -2.31. The molecule has 0 aromatic heterocycles. The monoisotopic (exact) mass is 200 g/mol. The third-order valence-corrected chi connectivity index (χ3v) is 2.26. The Labute approximate surface area is 83.4 Å². The van der Waals surface area contributed by atoms with Gasteiger partial charge in [-0.25, -0.2) is 4.79 Å². The zero-order chi connectivity index (χ0) is 10.6. The summed E-state index contributed by atoms with van der Waals surface area (Å²) < 4.78 is 4.88. The fourth-order valence-corrected chi connectivity index (χ4v) is 1.50. The summed E-state index contributed by atoms with van der Waals surface area (Å²) in [5.74, 6) is -0.117. The van der Waals surface area contributed by atoms with Crippen LogP contribution in [0.4, 0.5) is 4.79 Å². The second kappa shape index (κ2) is 4.95. The lowest BCUT2D eigenvalue weighted by molar-refractivity contribution is -0.127. The van der Waals surface area contributed by atoms with Crippen LogP contribution in [0.2, 0.25) is 0 Å². The summed E-state index contributed by atoms with van der Waals surface area (Å²) in [6, 6.07) is -0.627. The zero-order valence-electron chi connectivity index (χ0n) is 8.58. The van der Waals surface area contributed by atoms with Gasteiger partial charge in [-0.1, -0.05) is 0 Å². The maximum Gasteiger partial charge on any atom is 0.324 e. The normalized spacial score (nSPS) is 21.6. The molecule has 0 saturated carbocycles. The summed E-state index contributed by atoms with van der Waals surface area (Å²) in [5, 5.41) is 2.65. The largest absolute Gasteiger partial charge is 0.385 e. The Morgan fingerprint density at radius 2 is 2.21 bits per heavy atom. The molecule has 1 aliphatic heterocycles. The standard InChI is InChI=1S/C9H16N2O3/c1-3-11-8(12)7(10-9(11)13)5-4-6-14-2/h7H,3-6H2,1-2H3,(H,10,13). The lowest BCUT2D eigenvalue weighted by atomic mass is 10.1. The van der Waals surface area contributed by atoms with Crippen molar-refractivity contribution in [2.24, 2.45) is 0 Å². The number of methoxy groups -OCH3 is 1. The topological polar surface area (TPSA) is 58.6 Å². The quantitative estimate of drug-likeness (QED) is 0.514. The number of imide groups is 1. The number of nitrogens with zero attached hydrogens (tertiary/aromatic N) is 1. The highest BCUT2D eigenvalue weighted by atomic mass is 16.5. The van der Waals surface area contributed by atoms with E-state index in [1.54, 1.807) is 14.0 Å². The smallest absolute Gasteiger partial charge is 0.324 e. The summed E-state index contributed by atoms with van der Waals surface area (Å²) >= 11 is 0. The Morgan fingerprint density at radius 3 is 2.71 bits per heavy atom. The van der Waals surface area contributed by atoms with Gasteiger partial charge in [0.05, 0.1) is 0 Å². The molecule has 1 aliphatic rings. The molecule has 1 saturated heterocycles. The second-order valence-corrected chi connectivity index (χ2v) is 3.22.